The van der Waals surface area contributed by atoms with Crippen LogP contribution >= 0.6 is 0 Å². The summed E-state index contributed by atoms with van der Waals surface area (Å²) in [6.45, 7) is 4.44. The van der Waals surface area contributed by atoms with Gasteiger partial charge in [-0.05, 0) is 67.4 Å². The monoisotopic (exact) mass is 473 g/mol. The molecule has 2 aliphatic carbocycles. The lowest BCUT2D eigenvalue weighted by atomic mass is 9.86. The summed E-state index contributed by atoms with van der Waals surface area (Å²) in [6.07, 6.45) is 10.6. The van der Waals surface area contributed by atoms with Gasteiger partial charge in [-0.15, -0.1) is 0 Å². The fraction of sp³-hybridized carbons (Fsp3) is 0.600. The highest BCUT2D eigenvalue weighted by atomic mass is 32.2. The maximum atomic E-state index is 13.1. The lowest BCUT2D eigenvalue weighted by Crippen LogP contribution is -2.35. The van der Waals surface area contributed by atoms with Crippen LogP contribution in [0.1, 0.15) is 57.8 Å². The molecule has 3 fully saturated rings. The van der Waals surface area contributed by atoms with E-state index in [1.165, 1.54) is 38.2 Å². The average molecular weight is 474 g/mol. The first-order chi connectivity index (χ1) is 15.8. The smallest absolute Gasteiger partial charge is 0.243 e. The summed E-state index contributed by atoms with van der Waals surface area (Å²) in [7, 11) is -3.58. The second-order valence-corrected chi connectivity index (χ2v) is 11.8. The van der Waals surface area contributed by atoms with Crippen molar-refractivity contribution in [2.75, 3.05) is 18.4 Å². The van der Waals surface area contributed by atoms with Gasteiger partial charge < -0.3 is 10.6 Å². The molecule has 33 heavy (non-hydrogen) atoms. The van der Waals surface area contributed by atoms with Crippen molar-refractivity contribution < 1.29 is 18.0 Å². The Balaban J connectivity index is 1.28. The second-order valence-electron chi connectivity index (χ2n) is 9.84. The number of amides is 2. The Bertz CT molecular complexity index is 956. The Hall–Kier alpha value is -2.19. The maximum absolute atomic E-state index is 13.1. The highest BCUT2D eigenvalue weighted by Crippen LogP contribution is 2.40. The molecule has 8 heteroatoms. The van der Waals surface area contributed by atoms with Gasteiger partial charge in [0.05, 0.1) is 4.90 Å². The normalized spacial score (nSPS) is 26.0. The Morgan fingerprint density at radius 1 is 1.03 bits per heavy atom. The van der Waals surface area contributed by atoms with Crippen LogP contribution in [0, 0.1) is 17.8 Å². The average Bonchev–Trinajstić information content (AvgIpc) is 3.38. The van der Waals surface area contributed by atoms with Crippen molar-refractivity contribution in [3.05, 3.63) is 36.9 Å². The Labute approximate surface area is 197 Å². The number of nitrogens with one attached hydrogen (secondary N) is 2. The third-order valence-electron chi connectivity index (χ3n) is 7.53. The van der Waals surface area contributed by atoms with E-state index >= 15 is 0 Å². The highest BCUT2D eigenvalue weighted by molar-refractivity contribution is 7.89. The molecular weight excluding hydrogens is 438 g/mol. The number of fused-ring (bicyclic) bond motifs is 1. The first-order valence-corrected chi connectivity index (χ1v) is 13.6. The first-order valence-electron chi connectivity index (χ1n) is 12.2. The Morgan fingerprint density at radius 3 is 2.27 bits per heavy atom. The SMILES string of the molecule is C=CC(=O)NC1CC2CN(S(=O)(=O)c3ccc(NC(=O)CCC4CCCCC4)cc3)CC2C1. The van der Waals surface area contributed by atoms with Crippen LogP contribution < -0.4 is 10.6 Å². The molecule has 1 aliphatic heterocycles. The van der Waals surface area contributed by atoms with Crippen molar-refractivity contribution >= 4 is 27.5 Å². The van der Waals surface area contributed by atoms with Crippen LogP contribution in [0.3, 0.4) is 0 Å². The largest absolute Gasteiger partial charge is 0.350 e. The van der Waals surface area contributed by atoms with Crippen molar-refractivity contribution in [2.24, 2.45) is 17.8 Å². The number of anilines is 1. The molecule has 2 N–H and O–H groups in total. The third kappa shape index (κ3) is 5.84. The van der Waals surface area contributed by atoms with E-state index in [0.29, 0.717) is 31.1 Å². The predicted molar refractivity (Wildman–Crippen MR) is 128 cm³/mol. The molecule has 2 unspecified atom stereocenters. The Kier molecular flexibility index (Phi) is 7.54. The van der Waals surface area contributed by atoms with Gasteiger partial charge in [0.2, 0.25) is 21.8 Å². The molecule has 7 nitrogen and oxygen atoms in total. The molecule has 1 aromatic rings. The van der Waals surface area contributed by atoms with E-state index in [9.17, 15) is 18.0 Å². The summed E-state index contributed by atoms with van der Waals surface area (Å²) in [6, 6.07) is 6.59. The van der Waals surface area contributed by atoms with E-state index in [4.69, 9.17) is 0 Å². The van der Waals surface area contributed by atoms with Gasteiger partial charge >= 0.3 is 0 Å². The minimum absolute atomic E-state index is 0.0124. The molecule has 0 aromatic heterocycles. The van der Waals surface area contributed by atoms with Crippen molar-refractivity contribution in [1.29, 1.82) is 0 Å². The summed E-state index contributed by atoms with van der Waals surface area (Å²) >= 11 is 0. The van der Waals surface area contributed by atoms with E-state index < -0.39 is 10.0 Å². The quantitative estimate of drug-likeness (QED) is 0.563. The Morgan fingerprint density at radius 2 is 1.67 bits per heavy atom. The number of carbonyl (C=O) groups is 2. The summed E-state index contributed by atoms with van der Waals surface area (Å²) in [5, 5.41) is 5.83. The van der Waals surface area contributed by atoms with Gasteiger partial charge in [0.25, 0.3) is 0 Å². The zero-order valence-electron chi connectivity index (χ0n) is 19.2. The zero-order chi connectivity index (χ0) is 23.4. The van der Waals surface area contributed by atoms with Gasteiger partial charge in [-0.3, -0.25) is 9.59 Å². The van der Waals surface area contributed by atoms with Crippen molar-refractivity contribution in [3.63, 3.8) is 0 Å². The third-order valence-corrected chi connectivity index (χ3v) is 9.38. The zero-order valence-corrected chi connectivity index (χ0v) is 20.0. The summed E-state index contributed by atoms with van der Waals surface area (Å²) in [5.74, 6) is 0.994. The number of rotatable bonds is 8. The molecule has 4 rings (SSSR count). The number of hydrogen-bond acceptors (Lipinski definition) is 4. The first kappa shape index (κ1) is 24.0. The van der Waals surface area contributed by atoms with Crippen LogP contribution in [0.4, 0.5) is 5.69 Å². The topological polar surface area (TPSA) is 95.6 Å². The fourth-order valence-electron chi connectivity index (χ4n) is 5.72. The molecule has 0 radical (unpaired) electrons. The minimum Gasteiger partial charge on any atom is -0.350 e. The van der Waals surface area contributed by atoms with Crippen LogP contribution in [0.5, 0.6) is 0 Å². The molecule has 180 valence electrons. The molecule has 2 atom stereocenters. The maximum Gasteiger partial charge on any atom is 0.243 e. The molecular formula is C25H35N3O4S. The van der Waals surface area contributed by atoms with Gasteiger partial charge in [0.15, 0.2) is 0 Å². The van der Waals surface area contributed by atoms with E-state index in [1.54, 1.807) is 28.6 Å². The van der Waals surface area contributed by atoms with Crippen molar-refractivity contribution in [3.8, 4) is 0 Å². The highest BCUT2D eigenvalue weighted by Gasteiger charge is 2.45. The standard InChI is InChI=1S/C25H35N3O4S/c1-2-24(29)27-22-14-19-16-28(17-20(19)15-22)33(31,32)23-11-9-21(10-12-23)26-25(30)13-8-18-6-4-3-5-7-18/h2,9-12,18-20,22H,1,3-8,13-17H2,(H,26,30)(H,27,29). The van der Waals surface area contributed by atoms with Crippen LogP contribution in [0.15, 0.2) is 41.8 Å². The molecule has 1 saturated heterocycles. The van der Waals surface area contributed by atoms with Gasteiger partial charge in [0, 0.05) is 31.2 Å². The van der Waals surface area contributed by atoms with E-state index in [-0.39, 0.29) is 34.6 Å². The molecule has 2 amide bonds. The van der Waals surface area contributed by atoms with Gasteiger partial charge in [0.1, 0.15) is 0 Å². The lowest BCUT2D eigenvalue weighted by molar-refractivity contribution is -0.117. The molecule has 2 saturated carbocycles. The molecule has 1 heterocycles. The molecule has 1 aromatic carbocycles. The molecule has 3 aliphatic rings. The van der Waals surface area contributed by atoms with E-state index in [0.717, 1.165) is 19.3 Å². The summed E-state index contributed by atoms with van der Waals surface area (Å²) < 4.78 is 27.8. The molecule has 0 bridgehead atoms. The van der Waals surface area contributed by atoms with Gasteiger partial charge in [-0.1, -0.05) is 38.7 Å². The van der Waals surface area contributed by atoms with Crippen LogP contribution in [-0.2, 0) is 19.6 Å². The minimum atomic E-state index is -3.58. The number of sulfonamides is 1. The van der Waals surface area contributed by atoms with Crippen LogP contribution in [-0.4, -0.2) is 43.7 Å². The number of nitrogens with zero attached hydrogens (tertiary/aromatic N) is 1. The summed E-state index contributed by atoms with van der Waals surface area (Å²) in [5.41, 5.74) is 0.627. The van der Waals surface area contributed by atoms with Gasteiger partial charge in [-0.25, -0.2) is 8.42 Å². The van der Waals surface area contributed by atoms with E-state index in [1.807, 2.05) is 0 Å². The predicted octanol–water partition coefficient (Wildman–Crippen LogP) is 3.69. The molecule has 0 spiro atoms. The second kappa shape index (κ2) is 10.4. The number of hydrogen-bond donors (Lipinski definition) is 2. The van der Waals surface area contributed by atoms with Crippen LogP contribution in [0.25, 0.3) is 0 Å². The van der Waals surface area contributed by atoms with Crippen molar-refractivity contribution in [2.45, 2.75) is 68.7 Å². The van der Waals surface area contributed by atoms with Crippen LogP contribution in [0.2, 0.25) is 0 Å². The van der Waals surface area contributed by atoms with E-state index in [2.05, 4.69) is 17.2 Å². The van der Waals surface area contributed by atoms with Gasteiger partial charge in [-0.2, -0.15) is 4.31 Å². The number of benzene rings is 1. The number of carbonyl (C=O) groups excluding carboxylic acids is 2. The van der Waals surface area contributed by atoms with Crippen molar-refractivity contribution in [1.82, 2.24) is 9.62 Å². The summed E-state index contributed by atoms with van der Waals surface area (Å²) in [4.78, 5) is 24.1. The fourth-order valence-corrected chi connectivity index (χ4v) is 7.28. The lowest BCUT2D eigenvalue weighted by Gasteiger charge is -2.21.